The number of aromatic nitrogens is 1. The van der Waals surface area contributed by atoms with Gasteiger partial charge in [0.05, 0.1) is 15.7 Å². The summed E-state index contributed by atoms with van der Waals surface area (Å²) in [6.45, 7) is 6.89. The molecule has 108 valence electrons. The van der Waals surface area contributed by atoms with E-state index in [0.717, 1.165) is 29.2 Å². The molecule has 0 amide bonds. The van der Waals surface area contributed by atoms with Crippen LogP contribution in [-0.4, -0.2) is 11.5 Å². The quantitative estimate of drug-likeness (QED) is 0.882. The van der Waals surface area contributed by atoms with Gasteiger partial charge in [-0.3, -0.25) is 0 Å². The molecule has 0 radical (unpaired) electrons. The van der Waals surface area contributed by atoms with Gasteiger partial charge in [-0.15, -0.1) is 11.3 Å². The van der Waals surface area contributed by atoms with E-state index in [1.54, 1.807) is 17.4 Å². The Kier molecular flexibility index (Phi) is 5.13. The van der Waals surface area contributed by atoms with Crippen LogP contribution in [0.15, 0.2) is 18.2 Å². The molecule has 0 fully saturated rings. The average molecular weight is 313 g/mol. The molecule has 0 saturated heterocycles. The number of hydrogen-bond donors (Lipinski definition) is 1. The van der Waals surface area contributed by atoms with Gasteiger partial charge in [-0.1, -0.05) is 30.7 Å². The summed E-state index contributed by atoms with van der Waals surface area (Å²) in [4.78, 5) is 5.77. The number of likely N-dealkylation sites (N-methyl/N-ethyl adjacent to an activating group) is 1. The Bertz CT molecular complexity index is 578. The van der Waals surface area contributed by atoms with Gasteiger partial charge in [-0.25, -0.2) is 9.37 Å². The molecule has 0 spiro atoms. The van der Waals surface area contributed by atoms with Crippen LogP contribution in [0.1, 0.15) is 34.1 Å². The van der Waals surface area contributed by atoms with Gasteiger partial charge >= 0.3 is 0 Å². The molecule has 20 heavy (non-hydrogen) atoms. The van der Waals surface area contributed by atoms with Crippen LogP contribution in [-0.2, 0) is 6.42 Å². The standard InChI is InChI=1S/C15H18ClFN2S/c1-4-18-13(8-14-19-9(2)10(3)20-14)11-6-5-7-12(17)15(11)16/h5-7,13,18H,4,8H2,1-3H3. The molecule has 1 atom stereocenters. The van der Waals surface area contributed by atoms with Crippen molar-refractivity contribution in [3.8, 4) is 0 Å². The summed E-state index contributed by atoms with van der Waals surface area (Å²) in [6.07, 6.45) is 0.719. The van der Waals surface area contributed by atoms with E-state index in [0.29, 0.717) is 0 Å². The highest BCUT2D eigenvalue weighted by Crippen LogP contribution is 2.29. The summed E-state index contributed by atoms with van der Waals surface area (Å²) in [5.41, 5.74) is 1.85. The minimum Gasteiger partial charge on any atom is -0.310 e. The van der Waals surface area contributed by atoms with Crippen LogP contribution >= 0.6 is 22.9 Å². The Morgan fingerprint density at radius 2 is 2.15 bits per heavy atom. The van der Waals surface area contributed by atoms with E-state index in [1.807, 2.05) is 19.9 Å². The Labute approximate surface area is 128 Å². The van der Waals surface area contributed by atoms with E-state index >= 15 is 0 Å². The lowest BCUT2D eigenvalue weighted by molar-refractivity contribution is 0.541. The lowest BCUT2D eigenvalue weighted by atomic mass is 10.0. The maximum absolute atomic E-state index is 13.6. The third-order valence-electron chi connectivity index (χ3n) is 3.26. The zero-order chi connectivity index (χ0) is 14.7. The van der Waals surface area contributed by atoms with Crippen molar-refractivity contribution in [2.75, 3.05) is 6.54 Å². The second kappa shape index (κ2) is 6.66. The SMILES string of the molecule is CCNC(Cc1nc(C)c(C)s1)c1cccc(F)c1Cl. The number of aryl methyl sites for hydroxylation is 2. The van der Waals surface area contributed by atoms with E-state index in [1.165, 1.54) is 10.9 Å². The minimum atomic E-state index is -0.376. The lowest BCUT2D eigenvalue weighted by Crippen LogP contribution is -2.23. The maximum Gasteiger partial charge on any atom is 0.142 e. The summed E-state index contributed by atoms with van der Waals surface area (Å²) in [6, 6.07) is 4.92. The average Bonchev–Trinajstić information content (AvgIpc) is 2.71. The molecule has 0 saturated carbocycles. The first kappa shape index (κ1) is 15.4. The maximum atomic E-state index is 13.6. The minimum absolute atomic E-state index is 0.0202. The van der Waals surface area contributed by atoms with E-state index in [9.17, 15) is 4.39 Å². The van der Waals surface area contributed by atoms with Gasteiger partial charge in [-0.05, 0) is 32.0 Å². The highest BCUT2D eigenvalue weighted by molar-refractivity contribution is 7.11. The number of nitrogens with one attached hydrogen (secondary N) is 1. The fraction of sp³-hybridized carbons (Fsp3) is 0.400. The molecule has 1 N–H and O–H groups in total. The summed E-state index contributed by atoms with van der Waals surface area (Å²) in [7, 11) is 0. The molecule has 2 aromatic rings. The molecule has 1 unspecified atom stereocenters. The fourth-order valence-corrected chi connectivity index (χ4v) is 3.37. The second-order valence-corrected chi connectivity index (χ2v) is 6.37. The third-order valence-corrected chi connectivity index (χ3v) is 4.75. The zero-order valence-corrected chi connectivity index (χ0v) is 13.4. The number of thiazole rings is 1. The van der Waals surface area contributed by atoms with Crippen LogP contribution in [0, 0.1) is 19.7 Å². The van der Waals surface area contributed by atoms with Crippen molar-refractivity contribution in [2.45, 2.75) is 33.2 Å². The van der Waals surface area contributed by atoms with Crippen molar-refractivity contribution in [1.82, 2.24) is 10.3 Å². The topological polar surface area (TPSA) is 24.9 Å². The number of hydrogen-bond acceptors (Lipinski definition) is 3. The van der Waals surface area contributed by atoms with E-state index < -0.39 is 0 Å². The molecule has 0 aliphatic carbocycles. The number of halogens is 2. The van der Waals surface area contributed by atoms with Crippen molar-refractivity contribution in [3.05, 3.63) is 50.2 Å². The van der Waals surface area contributed by atoms with Crippen molar-refractivity contribution in [2.24, 2.45) is 0 Å². The van der Waals surface area contributed by atoms with Gasteiger partial charge in [0.25, 0.3) is 0 Å². The molecule has 5 heteroatoms. The van der Waals surface area contributed by atoms with Gasteiger partial charge in [0, 0.05) is 17.3 Å². The summed E-state index contributed by atoms with van der Waals surface area (Å²) in [5.74, 6) is -0.376. The molecular weight excluding hydrogens is 295 g/mol. The Balaban J connectivity index is 2.29. The first-order valence-corrected chi connectivity index (χ1v) is 7.82. The molecule has 1 aromatic heterocycles. The van der Waals surface area contributed by atoms with Crippen molar-refractivity contribution in [3.63, 3.8) is 0 Å². The Morgan fingerprint density at radius 1 is 1.40 bits per heavy atom. The van der Waals surface area contributed by atoms with Gasteiger partial charge < -0.3 is 5.32 Å². The van der Waals surface area contributed by atoms with Crippen LogP contribution < -0.4 is 5.32 Å². The van der Waals surface area contributed by atoms with Crippen molar-refractivity contribution >= 4 is 22.9 Å². The number of benzene rings is 1. The predicted octanol–water partition coefficient (Wildman–Crippen LogP) is 4.45. The molecular formula is C15H18ClFN2S. The van der Waals surface area contributed by atoms with Gasteiger partial charge in [-0.2, -0.15) is 0 Å². The zero-order valence-electron chi connectivity index (χ0n) is 11.8. The van der Waals surface area contributed by atoms with Crippen LogP contribution in [0.5, 0.6) is 0 Å². The van der Waals surface area contributed by atoms with Crippen LogP contribution in [0.25, 0.3) is 0 Å². The normalized spacial score (nSPS) is 12.7. The van der Waals surface area contributed by atoms with Gasteiger partial charge in [0.1, 0.15) is 5.82 Å². The van der Waals surface area contributed by atoms with Crippen LogP contribution in [0.4, 0.5) is 4.39 Å². The summed E-state index contributed by atoms with van der Waals surface area (Å²) < 4.78 is 13.6. The predicted molar refractivity (Wildman–Crippen MR) is 83.1 cm³/mol. The molecule has 0 aliphatic heterocycles. The van der Waals surface area contributed by atoms with Crippen molar-refractivity contribution in [1.29, 1.82) is 0 Å². The Hall–Kier alpha value is -0.970. The number of rotatable bonds is 5. The van der Waals surface area contributed by atoms with E-state index in [2.05, 4.69) is 17.2 Å². The fourth-order valence-electron chi connectivity index (χ4n) is 2.13. The van der Waals surface area contributed by atoms with Crippen LogP contribution in [0.2, 0.25) is 5.02 Å². The van der Waals surface area contributed by atoms with E-state index in [4.69, 9.17) is 11.6 Å². The first-order valence-electron chi connectivity index (χ1n) is 6.63. The summed E-state index contributed by atoms with van der Waals surface area (Å²) in [5, 5.41) is 4.60. The molecule has 1 heterocycles. The monoisotopic (exact) mass is 312 g/mol. The van der Waals surface area contributed by atoms with E-state index in [-0.39, 0.29) is 16.9 Å². The second-order valence-electron chi connectivity index (χ2n) is 4.71. The summed E-state index contributed by atoms with van der Waals surface area (Å²) >= 11 is 7.78. The Morgan fingerprint density at radius 3 is 2.75 bits per heavy atom. The molecule has 2 rings (SSSR count). The molecule has 0 bridgehead atoms. The van der Waals surface area contributed by atoms with Crippen molar-refractivity contribution < 1.29 is 4.39 Å². The molecule has 0 aliphatic rings. The largest absolute Gasteiger partial charge is 0.310 e. The molecule has 2 nitrogen and oxygen atoms in total. The first-order chi connectivity index (χ1) is 9.52. The highest BCUT2D eigenvalue weighted by Gasteiger charge is 2.18. The third kappa shape index (κ3) is 3.37. The van der Waals surface area contributed by atoms with Gasteiger partial charge in [0.15, 0.2) is 0 Å². The number of nitrogens with zero attached hydrogens (tertiary/aromatic N) is 1. The lowest BCUT2D eigenvalue weighted by Gasteiger charge is -2.18. The molecule has 1 aromatic carbocycles. The van der Waals surface area contributed by atoms with Gasteiger partial charge in [0.2, 0.25) is 0 Å². The smallest absolute Gasteiger partial charge is 0.142 e. The highest BCUT2D eigenvalue weighted by atomic mass is 35.5. The van der Waals surface area contributed by atoms with Crippen LogP contribution in [0.3, 0.4) is 0 Å².